The molecule has 1 heterocycles. The van der Waals surface area contributed by atoms with Gasteiger partial charge >= 0.3 is 5.97 Å². The summed E-state index contributed by atoms with van der Waals surface area (Å²) in [7, 11) is 0. The van der Waals surface area contributed by atoms with Gasteiger partial charge in [0.1, 0.15) is 0 Å². The first kappa shape index (κ1) is 18.1. The number of piperidine rings is 1. The summed E-state index contributed by atoms with van der Waals surface area (Å²) in [6, 6.07) is 7.67. The van der Waals surface area contributed by atoms with E-state index >= 15 is 0 Å². The summed E-state index contributed by atoms with van der Waals surface area (Å²) >= 11 is 7.46. The second-order valence-electron chi connectivity index (χ2n) is 5.90. The third-order valence-corrected chi connectivity index (χ3v) is 5.29. The lowest BCUT2D eigenvalue weighted by Gasteiger charge is -2.32. The number of thioether (sulfide) groups is 1. The Labute approximate surface area is 146 Å². The Hall–Kier alpha value is -1.20. The highest BCUT2D eigenvalue weighted by molar-refractivity contribution is 7.99. The number of likely N-dealkylation sites (tertiary alicyclic amines) is 1. The van der Waals surface area contributed by atoms with Gasteiger partial charge in [-0.3, -0.25) is 9.59 Å². The standard InChI is InChI=1S/C17H22ClNO3S/c18-15-6-3-14(4-7-15)11-23-12-16(20)19-9-1-2-13(10-19)5-8-17(21)22/h3-4,6-7,13H,1-2,5,8-12H2,(H,21,22). The molecule has 126 valence electrons. The van der Waals surface area contributed by atoms with Gasteiger partial charge in [0.05, 0.1) is 5.75 Å². The van der Waals surface area contributed by atoms with Crippen molar-refractivity contribution in [2.24, 2.45) is 5.92 Å². The van der Waals surface area contributed by atoms with Gasteiger partial charge in [0, 0.05) is 30.3 Å². The first-order chi connectivity index (χ1) is 11.0. The summed E-state index contributed by atoms with van der Waals surface area (Å²) < 4.78 is 0. The van der Waals surface area contributed by atoms with Gasteiger partial charge in [-0.1, -0.05) is 23.7 Å². The van der Waals surface area contributed by atoms with E-state index < -0.39 is 5.97 Å². The normalized spacial score (nSPS) is 18.0. The highest BCUT2D eigenvalue weighted by Crippen LogP contribution is 2.22. The van der Waals surface area contributed by atoms with E-state index in [0.29, 0.717) is 24.6 Å². The van der Waals surface area contributed by atoms with Crippen molar-refractivity contribution in [2.75, 3.05) is 18.8 Å². The maximum atomic E-state index is 12.3. The second kappa shape index (κ2) is 9.18. The quantitative estimate of drug-likeness (QED) is 0.810. The SMILES string of the molecule is O=C(O)CCC1CCCN(C(=O)CSCc2ccc(Cl)cc2)C1. The van der Waals surface area contributed by atoms with Gasteiger partial charge in [-0.15, -0.1) is 11.8 Å². The number of hydrogen-bond donors (Lipinski definition) is 1. The predicted octanol–water partition coefficient (Wildman–Crippen LogP) is 3.68. The first-order valence-corrected chi connectivity index (χ1v) is 9.39. The van der Waals surface area contributed by atoms with E-state index in [4.69, 9.17) is 16.7 Å². The maximum Gasteiger partial charge on any atom is 0.303 e. The fraction of sp³-hybridized carbons (Fsp3) is 0.529. The van der Waals surface area contributed by atoms with Gasteiger partial charge in [-0.25, -0.2) is 0 Å². The van der Waals surface area contributed by atoms with E-state index in [1.807, 2.05) is 29.2 Å². The van der Waals surface area contributed by atoms with Crippen molar-refractivity contribution in [3.63, 3.8) is 0 Å². The van der Waals surface area contributed by atoms with Crippen LogP contribution in [-0.4, -0.2) is 40.7 Å². The average Bonchev–Trinajstić information content (AvgIpc) is 2.55. The summed E-state index contributed by atoms with van der Waals surface area (Å²) in [6.07, 6.45) is 2.85. The van der Waals surface area contributed by atoms with E-state index in [1.54, 1.807) is 11.8 Å². The number of aliphatic carboxylic acids is 1. The number of amides is 1. The zero-order chi connectivity index (χ0) is 16.7. The molecule has 4 nitrogen and oxygen atoms in total. The van der Waals surface area contributed by atoms with E-state index in [-0.39, 0.29) is 12.3 Å². The number of carboxylic acid groups (broad SMARTS) is 1. The van der Waals surface area contributed by atoms with Crippen LogP contribution in [0.1, 0.15) is 31.2 Å². The molecule has 0 aromatic heterocycles. The molecule has 1 saturated heterocycles. The van der Waals surface area contributed by atoms with Gasteiger partial charge in [0.15, 0.2) is 0 Å². The Kier molecular flexibility index (Phi) is 7.24. The van der Waals surface area contributed by atoms with Crippen LogP contribution in [0.2, 0.25) is 5.02 Å². The Morgan fingerprint density at radius 3 is 2.74 bits per heavy atom. The second-order valence-corrected chi connectivity index (χ2v) is 7.32. The number of carbonyl (C=O) groups is 2. The minimum absolute atomic E-state index is 0.156. The lowest BCUT2D eigenvalue weighted by molar-refractivity contribution is -0.137. The molecule has 6 heteroatoms. The van der Waals surface area contributed by atoms with Crippen molar-refractivity contribution >= 4 is 35.2 Å². The molecule has 0 aliphatic carbocycles. The first-order valence-electron chi connectivity index (χ1n) is 7.86. The third kappa shape index (κ3) is 6.43. The fourth-order valence-corrected chi connectivity index (χ4v) is 3.80. The van der Waals surface area contributed by atoms with Gasteiger partial charge in [0.25, 0.3) is 0 Å². The molecule has 1 fully saturated rings. The Bertz CT molecular complexity index is 535. The van der Waals surface area contributed by atoms with Crippen LogP contribution in [0.3, 0.4) is 0 Å². The molecule has 1 amide bonds. The lowest BCUT2D eigenvalue weighted by Crippen LogP contribution is -2.41. The molecule has 1 aliphatic rings. The van der Waals surface area contributed by atoms with Crippen LogP contribution in [0.5, 0.6) is 0 Å². The Morgan fingerprint density at radius 1 is 1.30 bits per heavy atom. The number of carboxylic acids is 1. The lowest BCUT2D eigenvalue weighted by atomic mass is 9.93. The molecule has 0 radical (unpaired) electrons. The van der Waals surface area contributed by atoms with E-state index in [0.717, 1.165) is 35.7 Å². The summed E-state index contributed by atoms with van der Waals surface area (Å²) in [5.74, 6) is 0.981. The Balaban J connectivity index is 1.72. The highest BCUT2D eigenvalue weighted by Gasteiger charge is 2.23. The van der Waals surface area contributed by atoms with Crippen molar-refractivity contribution in [1.82, 2.24) is 4.90 Å². The molecule has 23 heavy (non-hydrogen) atoms. The predicted molar refractivity (Wildman–Crippen MR) is 93.8 cm³/mol. The van der Waals surface area contributed by atoms with E-state index in [9.17, 15) is 9.59 Å². The summed E-state index contributed by atoms with van der Waals surface area (Å²) in [4.78, 5) is 24.8. The van der Waals surface area contributed by atoms with E-state index in [2.05, 4.69) is 0 Å². The maximum absolute atomic E-state index is 12.3. The number of rotatable bonds is 7. The average molecular weight is 356 g/mol. The highest BCUT2D eigenvalue weighted by atomic mass is 35.5. The van der Waals surface area contributed by atoms with Crippen molar-refractivity contribution in [2.45, 2.75) is 31.4 Å². The van der Waals surface area contributed by atoms with Crippen LogP contribution in [0.25, 0.3) is 0 Å². The minimum atomic E-state index is -0.757. The third-order valence-electron chi connectivity index (χ3n) is 4.05. The van der Waals surface area contributed by atoms with Crippen molar-refractivity contribution in [1.29, 1.82) is 0 Å². The van der Waals surface area contributed by atoms with Gasteiger partial charge in [0.2, 0.25) is 5.91 Å². The topological polar surface area (TPSA) is 57.6 Å². The molecular formula is C17H22ClNO3S. The van der Waals surface area contributed by atoms with Crippen LogP contribution >= 0.6 is 23.4 Å². The van der Waals surface area contributed by atoms with Gasteiger partial charge < -0.3 is 10.0 Å². The number of benzene rings is 1. The monoisotopic (exact) mass is 355 g/mol. The molecule has 1 aliphatic heterocycles. The summed E-state index contributed by atoms with van der Waals surface area (Å²) in [5.41, 5.74) is 1.16. The molecule has 2 rings (SSSR count). The molecule has 1 aromatic carbocycles. The van der Waals surface area contributed by atoms with Crippen molar-refractivity contribution in [3.05, 3.63) is 34.9 Å². The van der Waals surface area contributed by atoms with Gasteiger partial charge in [-0.2, -0.15) is 0 Å². The minimum Gasteiger partial charge on any atom is -0.481 e. The number of halogens is 1. The van der Waals surface area contributed by atoms with Crippen molar-refractivity contribution < 1.29 is 14.7 Å². The van der Waals surface area contributed by atoms with Crippen LogP contribution < -0.4 is 0 Å². The smallest absolute Gasteiger partial charge is 0.303 e. The van der Waals surface area contributed by atoms with Crippen LogP contribution in [0, 0.1) is 5.92 Å². The summed E-state index contributed by atoms with van der Waals surface area (Å²) in [5, 5.41) is 9.49. The zero-order valence-corrected chi connectivity index (χ0v) is 14.6. The molecule has 1 N–H and O–H groups in total. The summed E-state index contributed by atoms with van der Waals surface area (Å²) in [6.45, 7) is 1.50. The molecule has 1 aromatic rings. The number of carbonyl (C=O) groups excluding carboxylic acids is 1. The Morgan fingerprint density at radius 2 is 2.04 bits per heavy atom. The molecule has 1 unspecified atom stereocenters. The number of nitrogens with zero attached hydrogens (tertiary/aromatic N) is 1. The van der Waals surface area contributed by atoms with Crippen molar-refractivity contribution in [3.8, 4) is 0 Å². The van der Waals surface area contributed by atoms with Crippen LogP contribution in [0.4, 0.5) is 0 Å². The molecule has 0 spiro atoms. The van der Waals surface area contributed by atoms with Crippen LogP contribution in [-0.2, 0) is 15.3 Å². The number of hydrogen-bond acceptors (Lipinski definition) is 3. The fourth-order valence-electron chi connectivity index (χ4n) is 2.78. The largest absolute Gasteiger partial charge is 0.481 e. The molecular weight excluding hydrogens is 334 g/mol. The van der Waals surface area contributed by atoms with E-state index in [1.165, 1.54) is 0 Å². The van der Waals surface area contributed by atoms with Gasteiger partial charge in [-0.05, 0) is 42.9 Å². The molecule has 1 atom stereocenters. The molecule has 0 bridgehead atoms. The zero-order valence-electron chi connectivity index (χ0n) is 13.0. The van der Waals surface area contributed by atoms with Crippen LogP contribution in [0.15, 0.2) is 24.3 Å². The molecule has 0 saturated carbocycles.